The Morgan fingerprint density at radius 3 is 2.68 bits per heavy atom. The van der Waals surface area contributed by atoms with Crippen molar-refractivity contribution in [3.63, 3.8) is 0 Å². The average Bonchev–Trinajstić information content (AvgIpc) is 3.28. The molecule has 1 atom stereocenters. The molecule has 1 aliphatic rings. The molecule has 2 aromatic carbocycles. The fourth-order valence-corrected chi connectivity index (χ4v) is 4.76. The quantitative estimate of drug-likeness (QED) is 0.227. The van der Waals surface area contributed by atoms with Crippen LogP contribution in [0.5, 0.6) is 5.88 Å². The predicted molar refractivity (Wildman–Crippen MR) is 147 cm³/mol. The lowest BCUT2D eigenvalue weighted by Crippen LogP contribution is -2.31. The molecule has 1 unspecified atom stereocenters. The van der Waals surface area contributed by atoms with E-state index in [0.717, 1.165) is 18.6 Å². The van der Waals surface area contributed by atoms with Gasteiger partial charge in [-0.15, -0.1) is 0 Å². The summed E-state index contributed by atoms with van der Waals surface area (Å²) in [6.45, 7) is 1.20. The Bertz CT molecular complexity index is 1760. The fourth-order valence-electron chi connectivity index (χ4n) is 4.65. The molecule has 0 aliphatic carbocycles. The summed E-state index contributed by atoms with van der Waals surface area (Å²) in [5.41, 5.74) is 2.23. The number of benzene rings is 2. The molecule has 41 heavy (non-hydrogen) atoms. The van der Waals surface area contributed by atoms with E-state index in [4.69, 9.17) is 21.1 Å². The standard InChI is InChI=1S/C30H23ClF2N4O4/c31-19-5-6-20(34-14-19)16-41-29-3-1-2-25(36-29)22-13-23(32)18(10-24(22)33)12-28-35-26-7-4-17(30(38)39)11-27(26)37(28)15-21-8-9-40-21/h1-7,10-11,13-14,21H,8-9,12,15-16H2,(H,38,39). The van der Waals surface area contributed by atoms with E-state index in [9.17, 15) is 9.90 Å². The van der Waals surface area contributed by atoms with Gasteiger partial charge in [0.15, 0.2) is 0 Å². The summed E-state index contributed by atoms with van der Waals surface area (Å²) in [4.78, 5) is 24.7. The van der Waals surface area contributed by atoms with Gasteiger partial charge in [-0.3, -0.25) is 4.98 Å². The molecule has 3 aromatic heterocycles. The van der Waals surface area contributed by atoms with Crippen LogP contribution in [0.2, 0.25) is 5.02 Å². The first-order valence-electron chi connectivity index (χ1n) is 12.9. The van der Waals surface area contributed by atoms with Gasteiger partial charge in [-0.25, -0.2) is 23.5 Å². The molecule has 0 bridgehead atoms. The van der Waals surface area contributed by atoms with E-state index in [1.807, 2.05) is 4.57 Å². The smallest absolute Gasteiger partial charge is 0.335 e. The van der Waals surface area contributed by atoms with Crippen molar-refractivity contribution in [1.82, 2.24) is 19.5 Å². The number of carboxylic acid groups (broad SMARTS) is 1. The van der Waals surface area contributed by atoms with Crippen molar-refractivity contribution in [2.24, 2.45) is 0 Å². The topological polar surface area (TPSA) is 99.4 Å². The third-order valence-corrected chi connectivity index (χ3v) is 7.12. The van der Waals surface area contributed by atoms with Crippen LogP contribution in [0.15, 0.2) is 66.9 Å². The lowest BCUT2D eigenvalue weighted by Gasteiger charge is -2.27. The highest BCUT2D eigenvalue weighted by molar-refractivity contribution is 6.30. The van der Waals surface area contributed by atoms with Gasteiger partial charge in [-0.2, -0.15) is 0 Å². The Hall–Kier alpha value is -4.41. The highest BCUT2D eigenvalue weighted by atomic mass is 35.5. The molecule has 0 amide bonds. The van der Waals surface area contributed by atoms with Crippen LogP contribution in [0.4, 0.5) is 8.78 Å². The number of nitrogens with zero attached hydrogens (tertiary/aromatic N) is 4. The number of pyridine rings is 2. The molecule has 1 N–H and O–H groups in total. The minimum atomic E-state index is -1.06. The molecule has 5 aromatic rings. The van der Waals surface area contributed by atoms with Crippen molar-refractivity contribution >= 4 is 28.6 Å². The van der Waals surface area contributed by atoms with Crippen LogP contribution >= 0.6 is 11.6 Å². The van der Waals surface area contributed by atoms with E-state index in [1.54, 1.807) is 36.4 Å². The monoisotopic (exact) mass is 576 g/mol. The zero-order chi connectivity index (χ0) is 28.5. The summed E-state index contributed by atoms with van der Waals surface area (Å²) in [6.07, 6.45) is 2.30. The Balaban J connectivity index is 1.27. The molecule has 1 aliphatic heterocycles. The van der Waals surface area contributed by atoms with E-state index in [0.29, 0.717) is 40.7 Å². The van der Waals surface area contributed by atoms with Gasteiger partial charge in [0.2, 0.25) is 5.88 Å². The molecule has 4 heterocycles. The van der Waals surface area contributed by atoms with Crippen molar-refractivity contribution in [1.29, 1.82) is 0 Å². The molecule has 0 spiro atoms. The molecule has 1 saturated heterocycles. The highest BCUT2D eigenvalue weighted by Gasteiger charge is 2.23. The van der Waals surface area contributed by atoms with E-state index < -0.39 is 17.6 Å². The van der Waals surface area contributed by atoms with Gasteiger partial charge in [0.1, 0.15) is 24.1 Å². The molecule has 0 saturated carbocycles. The number of carbonyl (C=O) groups is 1. The molecule has 8 nitrogen and oxygen atoms in total. The van der Waals surface area contributed by atoms with Crippen LogP contribution < -0.4 is 4.74 Å². The number of imidazole rings is 1. The third-order valence-electron chi connectivity index (χ3n) is 6.89. The third kappa shape index (κ3) is 5.75. The lowest BCUT2D eigenvalue weighted by molar-refractivity contribution is -0.0589. The van der Waals surface area contributed by atoms with Crippen molar-refractivity contribution in [2.75, 3.05) is 6.61 Å². The maximum atomic E-state index is 15.4. The lowest BCUT2D eigenvalue weighted by atomic mass is 10.0. The fraction of sp³-hybridized carbons (Fsp3) is 0.200. The maximum absolute atomic E-state index is 15.4. The number of carboxylic acids is 1. The number of aromatic carboxylic acids is 1. The summed E-state index contributed by atoms with van der Waals surface area (Å²) in [5.74, 6) is -1.62. The van der Waals surface area contributed by atoms with Crippen LogP contribution in [-0.4, -0.2) is 43.3 Å². The van der Waals surface area contributed by atoms with Crippen molar-refractivity contribution in [3.8, 4) is 17.1 Å². The molecular formula is C30H23ClF2N4O4. The Morgan fingerprint density at radius 1 is 1.10 bits per heavy atom. The summed E-state index contributed by atoms with van der Waals surface area (Å²) in [7, 11) is 0. The first-order chi connectivity index (χ1) is 19.8. The second kappa shape index (κ2) is 11.2. The SMILES string of the molecule is O=C(O)c1ccc2nc(Cc3cc(F)c(-c4cccc(OCc5ccc(Cl)cn5)n4)cc3F)n(CC3CCO3)c2c1. The van der Waals surface area contributed by atoms with Gasteiger partial charge in [-0.1, -0.05) is 17.7 Å². The van der Waals surface area contributed by atoms with E-state index in [1.165, 1.54) is 18.3 Å². The summed E-state index contributed by atoms with van der Waals surface area (Å²) in [6, 6.07) is 15.1. The van der Waals surface area contributed by atoms with E-state index in [2.05, 4.69) is 15.0 Å². The first-order valence-corrected chi connectivity index (χ1v) is 13.2. The molecule has 208 valence electrons. The zero-order valence-corrected chi connectivity index (χ0v) is 22.3. The van der Waals surface area contributed by atoms with Gasteiger partial charge in [-0.05, 0) is 60.5 Å². The number of ether oxygens (including phenoxy) is 2. The Kier molecular flexibility index (Phi) is 7.34. The average molecular weight is 577 g/mol. The normalized spacial score (nSPS) is 14.7. The second-order valence-corrected chi connectivity index (χ2v) is 10.1. The summed E-state index contributed by atoms with van der Waals surface area (Å²) >= 11 is 5.86. The zero-order valence-electron chi connectivity index (χ0n) is 21.6. The number of hydrogen-bond donors (Lipinski definition) is 1. The maximum Gasteiger partial charge on any atom is 0.335 e. The molecule has 0 radical (unpaired) electrons. The van der Waals surface area contributed by atoms with Crippen LogP contribution in [0.25, 0.3) is 22.3 Å². The van der Waals surface area contributed by atoms with Crippen LogP contribution in [0, 0.1) is 11.6 Å². The van der Waals surface area contributed by atoms with Gasteiger partial charge < -0.3 is 19.1 Å². The number of fused-ring (bicyclic) bond motifs is 1. The van der Waals surface area contributed by atoms with Gasteiger partial charge >= 0.3 is 5.97 Å². The Labute approximate surface area is 238 Å². The van der Waals surface area contributed by atoms with Crippen LogP contribution in [-0.2, 0) is 24.3 Å². The summed E-state index contributed by atoms with van der Waals surface area (Å²) in [5, 5.41) is 9.95. The van der Waals surface area contributed by atoms with E-state index >= 15 is 8.78 Å². The molecule has 1 fully saturated rings. The van der Waals surface area contributed by atoms with Crippen molar-refractivity contribution < 1.29 is 28.2 Å². The van der Waals surface area contributed by atoms with Gasteiger partial charge in [0.05, 0.1) is 45.7 Å². The summed E-state index contributed by atoms with van der Waals surface area (Å²) < 4.78 is 43.9. The van der Waals surface area contributed by atoms with Gasteiger partial charge in [0.25, 0.3) is 0 Å². The number of hydrogen-bond acceptors (Lipinski definition) is 6. The molecule has 11 heteroatoms. The molecular weight excluding hydrogens is 554 g/mol. The second-order valence-electron chi connectivity index (χ2n) is 9.65. The number of rotatable bonds is 9. The van der Waals surface area contributed by atoms with Gasteiger partial charge in [0, 0.05) is 30.9 Å². The van der Waals surface area contributed by atoms with Crippen molar-refractivity contribution in [2.45, 2.75) is 32.1 Å². The molecule has 6 rings (SSSR count). The Morgan fingerprint density at radius 2 is 1.95 bits per heavy atom. The predicted octanol–water partition coefficient (Wildman–Crippen LogP) is 6.08. The minimum Gasteiger partial charge on any atom is -0.478 e. The number of halogens is 3. The minimum absolute atomic E-state index is 0.00247. The van der Waals surface area contributed by atoms with E-state index in [-0.39, 0.29) is 47.4 Å². The largest absolute Gasteiger partial charge is 0.478 e. The first kappa shape index (κ1) is 26.8. The van der Waals surface area contributed by atoms with Crippen LogP contribution in [0.3, 0.4) is 0 Å². The van der Waals surface area contributed by atoms with Crippen molar-refractivity contribution in [3.05, 3.63) is 106 Å². The number of aromatic nitrogens is 4. The highest BCUT2D eigenvalue weighted by Crippen LogP contribution is 2.29. The van der Waals surface area contributed by atoms with Crippen LogP contribution in [0.1, 0.15) is 33.9 Å².